The molecule has 3 amide bonds. The molecule has 0 saturated carbocycles. The molecule has 3 aliphatic heterocycles. The molecule has 3 rings (SSSR count). The second-order valence-corrected chi connectivity index (χ2v) is 23.2. The molecule has 71 heavy (non-hydrogen) atoms. The number of carbonyl (C=O) groups excluding carboxylic acids is 3. The van der Waals surface area contributed by atoms with Crippen LogP contribution in [0, 0.1) is 0 Å². The third-order valence-electron chi connectivity index (χ3n) is 18.5. The van der Waals surface area contributed by atoms with Crippen molar-refractivity contribution in [2.75, 3.05) is 13.2 Å². The van der Waals surface area contributed by atoms with E-state index in [1.807, 2.05) is 0 Å². The van der Waals surface area contributed by atoms with Crippen molar-refractivity contribution < 1.29 is 73.8 Å². The molecule has 3 heterocycles. The molecule has 3 aliphatic rings. The third-order valence-corrected chi connectivity index (χ3v) is 18.5. The van der Waals surface area contributed by atoms with Crippen molar-refractivity contribution in [2.45, 2.75) is 280 Å². The minimum atomic E-state index is -2.53. The number of hydrogen-bond acceptors (Lipinski definition) is 15. The highest BCUT2D eigenvalue weighted by molar-refractivity contribution is 5.88. The number of allylic oxidation sites excluding steroid dienone is 3. The average molecular weight is 1010 g/mol. The molecule has 18 nitrogen and oxygen atoms in total. The molecule has 0 radical (unpaired) electrons. The quantitative estimate of drug-likeness (QED) is 0.0398. The summed E-state index contributed by atoms with van der Waals surface area (Å²) in [5.74, 6) is -6.70. The summed E-state index contributed by atoms with van der Waals surface area (Å²) in [5.41, 5.74) is -26.1. The lowest BCUT2D eigenvalue weighted by Crippen LogP contribution is -2.94. The Morgan fingerprint density at radius 2 is 0.958 bits per heavy atom. The van der Waals surface area contributed by atoms with Crippen LogP contribution in [0.2, 0.25) is 0 Å². The van der Waals surface area contributed by atoms with Gasteiger partial charge in [0.2, 0.25) is 17.7 Å². The second-order valence-electron chi connectivity index (χ2n) is 23.2. The second kappa shape index (κ2) is 21.2. The minimum Gasteiger partial charge on any atom is -0.393 e. The number of aliphatic hydroxyl groups is 7. The number of ether oxygens (including phenoxy) is 5. The van der Waals surface area contributed by atoms with Crippen LogP contribution < -0.4 is 16.0 Å². The van der Waals surface area contributed by atoms with Gasteiger partial charge in [-0.25, -0.2) is 0 Å². The van der Waals surface area contributed by atoms with Crippen molar-refractivity contribution in [3.05, 3.63) is 24.3 Å². The van der Waals surface area contributed by atoms with Crippen LogP contribution in [-0.2, 0) is 38.1 Å². The van der Waals surface area contributed by atoms with Gasteiger partial charge in [-0.3, -0.25) is 14.4 Å². The summed E-state index contributed by atoms with van der Waals surface area (Å²) in [4.78, 5) is 40.3. The van der Waals surface area contributed by atoms with Gasteiger partial charge in [0.05, 0.1) is 18.8 Å². The van der Waals surface area contributed by atoms with Gasteiger partial charge in [-0.1, -0.05) is 57.8 Å². The standard InChI is InChI=1S/C53H95N3O15/c1-19-21-22-23-24-25-26-27-28-29-30-31-32-33-38(61)56-44(9)48(13,65)46(11,63)40(5,20-2)68-52(44,17)71-51(16)42(7,35-58)69-53(18,45(10,49(51,14)66)55-37(4)60)70-50(15)41(6,34-57)67-39(62)43(8,47(50,12)64)54-36(3)59/h25-26,32-33,39,57-58,62-66H,19-24,27-31,34-35H2,1-18H3,(H,54,59)(H,55,60)(H,56,61)/b26-25-,33-32+/t39?,40?,41?,42?,43?,44?,45?,46-,47-,48-,49-,50-,51-,52+,53+/m1/s1. The SMILES string of the molecule is CCCCCC/C=C\CCCCC/C=C/C(=O)NC1(C)[C@](C)(O[C@]2(C)C(C)(CO)O[C@@](C)(O[C@]3(C)C(C)(CO)OC(O)C(C)(NC(C)=O)[C@@]3(C)O)C(C)(NC(C)=O)[C@@]2(C)O)OC(C)(CC)[C@@](C)(O)[C@]1(C)O. The van der Waals surface area contributed by atoms with Gasteiger partial charge in [-0.15, -0.1) is 0 Å². The highest BCUT2D eigenvalue weighted by atomic mass is 16.8. The molecule has 18 heteroatoms. The number of nitrogens with one attached hydrogen (secondary N) is 3. The molecule has 0 aromatic heterocycles. The molecular weight excluding hydrogens is 919 g/mol. The third kappa shape index (κ3) is 9.93. The minimum absolute atomic E-state index is 0.0977. The van der Waals surface area contributed by atoms with Crippen LogP contribution in [0.3, 0.4) is 0 Å². The van der Waals surface area contributed by atoms with Crippen molar-refractivity contribution in [1.82, 2.24) is 16.0 Å². The Morgan fingerprint density at radius 1 is 0.535 bits per heavy atom. The fraction of sp³-hybridized carbons (Fsp3) is 0.868. The molecule has 412 valence electrons. The Labute approximate surface area is 424 Å². The number of hydrogen-bond donors (Lipinski definition) is 10. The molecular formula is C53H95N3O15. The first-order chi connectivity index (χ1) is 32.2. The van der Waals surface area contributed by atoms with E-state index >= 15 is 0 Å². The maximum Gasteiger partial charge on any atom is 0.244 e. The van der Waals surface area contributed by atoms with Gasteiger partial charge < -0.3 is 75.4 Å². The van der Waals surface area contributed by atoms with Crippen LogP contribution in [0.25, 0.3) is 0 Å². The fourth-order valence-corrected chi connectivity index (χ4v) is 11.6. The maximum atomic E-state index is 14.1. The number of carbonyl (C=O) groups is 3. The number of unbranched alkanes of at least 4 members (excludes halogenated alkanes) is 8. The average Bonchev–Trinajstić information content (AvgIpc) is 3.25. The van der Waals surface area contributed by atoms with Crippen molar-refractivity contribution in [3.8, 4) is 0 Å². The summed E-state index contributed by atoms with van der Waals surface area (Å²) in [6.45, 7) is 23.7. The molecule has 3 saturated heterocycles. The summed E-state index contributed by atoms with van der Waals surface area (Å²) in [5, 5.41) is 93.9. The van der Waals surface area contributed by atoms with E-state index in [2.05, 4.69) is 35.0 Å². The first-order valence-corrected chi connectivity index (χ1v) is 25.7. The molecule has 10 N–H and O–H groups in total. The van der Waals surface area contributed by atoms with Gasteiger partial charge >= 0.3 is 0 Å². The Morgan fingerprint density at radius 3 is 1.39 bits per heavy atom. The summed E-state index contributed by atoms with van der Waals surface area (Å²) in [6, 6.07) is 0. The van der Waals surface area contributed by atoms with E-state index in [1.54, 1.807) is 19.9 Å². The Bertz CT molecular complexity index is 1960. The van der Waals surface area contributed by atoms with Crippen molar-refractivity contribution in [3.63, 3.8) is 0 Å². The van der Waals surface area contributed by atoms with Gasteiger partial charge in [0.15, 0.2) is 17.9 Å². The molecule has 0 aromatic carbocycles. The van der Waals surface area contributed by atoms with Gasteiger partial charge in [0.1, 0.15) is 61.4 Å². The van der Waals surface area contributed by atoms with Crippen LogP contribution in [0.5, 0.6) is 0 Å². The predicted molar refractivity (Wildman–Crippen MR) is 268 cm³/mol. The largest absolute Gasteiger partial charge is 0.393 e. The van der Waals surface area contributed by atoms with Crippen molar-refractivity contribution >= 4 is 17.7 Å². The van der Waals surface area contributed by atoms with Crippen LogP contribution in [0.4, 0.5) is 0 Å². The van der Waals surface area contributed by atoms with E-state index in [1.165, 1.54) is 136 Å². The molecule has 0 aromatic rings. The molecule has 7 unspecified atom stereocenters. The monoisotopic (exact) mass is 1010 g/mol. The highest BCUT2D eigenvalue weighted by Crippen LogP contribution is 2.63. The zero-order valence-electron chi connectivity index (χ0n) is 46.5. The van der Waals surface area contributed by atoms with E-state index in [-0.39, 0.29) is 6.42 Å². The predicted octanol–water partition coefficient (Wildman–Crippen LogP) is 4.75. The van der Waals surface area contributed by atoms with E-state index in [0.717, 1.165) is 32.1 Å². The Balaban J connectivity index is 2.21. The van der Waals surface area contributed by atoms with Gasteiger partial charge in [-0.05, 0) is 148 Å². The van der Waals surface area contributed by atoms with Crippen LogP contribution in [0.1, 0.15) is 195 Å². The first kappa shape index (κ1) is 62.7. The summed E-state index contributed by atoms with van der Waals surface area (Å²) < 4.78 is 34.1. The number of aliphatic hydroxyl groups excluding tert-OH is 3. The molecule has 3 fully saturated rings. The topological polar surface area (TPSA) is 275 Å². The zero-order valence-corrected chi connectivity index (χ0v) is 46.5. The lowest BCUT2D eigenvalue weighted by Gasteiger charge is -2.73. The van der Waals surface area contributed by atoms with Crippen LogP contribution >= 0.6 is 0 Å². The van der Waals surface area contributed by atoms with Gasteiger partial charge in [0, 0.05) is 13.8 Å². The van der Waals surface area contributed by atoms with E-state index in [4.69, 9.17) is 23.7 Å². The first-order valence-electron chi connectivity index (χ1n) is 25.7. The smallest absolute Gasteiger partial charge is 0.244 e. The van der Waals surface area contributed by atoms with E-state index in [0.29, 0.717) is 6.42 Å². The van der Waals surface area contributed by atoms with Crippen molar-refractivity contribution in [1.29, 1.82) is 0 Å². The molecule has 15 atom stereocenters. The van der Waals surface area contributed by atoms with Crippen LogP contribution in [-0.4, -0.2) is 152 Å². The molecule has 0 bridgehead atoms. The van der Waals surface area contributed by atoms with Crippen LogP contribution in [0.15, 0.2) is 24.3 Å². The number of amides is 3. The lowest BCUT2D eigenvalue weighted by molar-refractivity contribution is -0.509. The van der Waals surface area contributed by atoms with Gasteiger partial charge in [0.25, 0.3) is 0 Å². The lowest BCUT2D eigenvalue weighted by atomic mass is 9.56. The molecule has 0 spiro atoms. The summed E-state index contributed by atoms with van der Waals surface area (Å²) in [6.07, 6.45) is 16.1. The van der Waals surface area contributed by atoms with Crippen molar-refractivity contribution in [2.24, 2.45) is 0 Å². The van der Waals surface area contributed by atoms with E-state index in [9.17, 15) is 50.1 Å². The fourth-order valence-electron chi connectivity index (χ4n) is 11.6. The van der Waals surface area contributed by atoms with E-state index < -0.39 is 116 Å². The molecule has 0 aliphatic carbocycles. The number of rotatable bonds is 22. The maximum absolute atomic E-state index is 14.1. The zero-order chi connectivity index (χ0) is 55.0. The highest BCUT2D eigenvalue weighted by Gasteiger charge is 2.83. The Hall–Kier alpha value is -2.59. The summed E-state index contributed by atoms with van der Waals surface area (Å²) in [7, 11) is 0. The van der Waals surface area contributed by atoms with Gasteiger partial charge in [-0.2, -0.15) is 0 Å². The Kier molecular flexibility index (Phi) is 18.7. The normalized spacial score (nSPS) is 46.1. The summed E-state index contributed by atoms with van der Waals surface area (Å²) >= 11 is 0.